The number of nitrogens with zero attached hydrogens (tertiary/aromatic N) is 2. The molecule has 1 heterocycles. The molecule has 6 heteroatoms. The highest BCUT2D eigenvalue weighted by molar-refractivity contribution is 6.36. The second kappa shape index (κ2) is 5.99. The van der Waals surface area contributed by atoms with Gasteiger partial charge in [-0.05, 0) is 32.6 Å². The van der Waals surface area contributed by atoms with Crippen molar-refractivity contribution in [2.75, 3.05) is 32.9 Å². The molecule has 1 aromatic rings. The average Bonchev–Trinajstić information content (AvgIpc) is 2.72. The lowest BCUT2D eigenvalue weighted by Crippen LogP contribution is -2.41. The summed E-state index contributed by atoms with van der Waals surface area (Å²) in [5.74, 6) is -0.175. The molecule has 0 aliphatic carbocycles. The number of nitrogen functional groups attached to an aromatic ring is 1. The summed E-state index contributed by atoms with van der Waals surface area (Å²) in [5, 5.41) is 10.1. The summed E-state index contributed by atoms with van der Waals surface area (Å²) in [5.41, 5.74) is 6.52. The van der Waals surface area contributed by atoms with Crippen LogP contribution in [0.15, 0.2) is 18.2 Å². The fourth-order valence-corrected chi connectivity index (χ4v) is 2.81. The number of likely N-dealkylation sites (N-methyl/N-ethyl adjacent to an activating group) is 1. The summed E-state index contributed by atoms with van der Waals surface area (Å²) >= 11 is 6.11. The Bertz CT molecular complexity index is 507. The molecule has 1 aliphatic rings. The molecule has 3 N–H and O–H groups in total. The third-order valence-corrected chi connectivity index (χ3v) is 3.91. The molecule has 110 valence electrons. The fraction of sp³-hybridized carbons (Fsp3) is 0.500. The van der Waals surface area contributed by atoms with E-state index in [4.69, 9.17) is 17.3 Å². The van der Waals surface area contributed by atoms with E-state index in [0.717, 1.165) is 0 Å². The Morgan fingerprint density at radius 2 is 2.25 bits per heavy atom. The second-order valence-electron chi connectivity index (χ2n) is 5.47. The van der Waals surface area contributed by atoms with Crippen molar-refractivity contribution in [3.05, 3.63) is 28.8 Å². The normalized spacial score (nSPS) is 22.6. The van der Waals surface area contributed by atoms with Crippen molar-refractivity contribution in [3.63, 3.8) is 0 Å². The Balaban J connectivity index is 2.24. The minimum atomic E-state index is -0.483. The van der Waals surface area contributed by atoms with Gasteiger partial charge in [0.2, 0.25) is 0 Å². The van der Waals surface area contributed by atoms with E-state index < -0.39 is 6.10 Å². The smallest absolute Gasteiger partial charge is 0.255 e. The van der Waals surface area contributed by atoms with Crippen LogP contribution in [0.4, 0.5) is 5.69 Å². The number of amides is 1. The van der Waals surface area contributed by atoms with Crippen LogP contribution in [0.5, 0.6) is 0 Å². The summed E-state index contributed by atoms with van der Waals surface area (Å²) in [7, 11) is 3.89. The Morgan fingerprint density at radius 3 is 2.90 bits per heavy atom. The number of anilines is 1. The number of rotatable bonds is 3. The van der Waals surface area contributed by atoms with Crippen LogP contribution in [0.3, 0.4) is 0 Å². The van der Waals surface area contributed by atoms with Crippen LogP contribution in [0.1, 0.15) is 16.8 Å². The van der Waals surface area contributed by atoms with Gasteiger partial charge in [0.05, 0.1) is 22.4 Å². The SMILES string of the molecule is CN(C)CC1CC(O)CN1C(=O)c1cccc(N)c1Cl. The topological polar surface area (TPSA) is 69.8 Å². The molecule has 2 atom stereocenters. The molecule has 0 radical (unpaired) electrons. The van der Waals surface area contributed by atoms with Crippen LogP contribution in [0.25, 0.3) is 0 Å². The lowest BCUT2D eigenvalue weighted by Gasteiger charge is -2.27. The molecule has 1 aliphatic heterocycles. The van der Waals surface area contributed by atoms with Crippen LogP contribution in [-0.4, -0.2) is 60.1 Å². The summed E-state index contributed by atoms with van der Waals surface area (Å²) in [6.45, 7) is 1.05. The first-order valence-electron chi connectivity index (χ1n) is 6.58. The zero-order valence-corrected chi connectivity index (χ0v) is 12.5. The third-order valence-electron chi connectivity index (χ3n) is 3.49. The van der Waals surface area contributed by atoms with Gasteiger partial charge in [0, 0.05) is 19.1 Å². The number of hydrogen-bond acceptors (Lipinski definition) is 4. The number of hydrogen-bond donors (Lipinski definition) is 2. The van der Waals surface area contributed by atoms with E-state index in [1.807, 2.05) is 19.0 Å². The number of benzene rings is 1. The number of aliphatic hydroxyl groups excluding tert-OH is 1. The molecule has 0 aromatic heterocycles. The quantitative estimate of drug-likeness (QED) is 0.819. The number of likely N-dealkylation sites (tertiary alicyclic amines) is 1. The van der Waals surface area contributed by atoms with Crippen LogP contribution in [0.2, 0.25) is 5.02 Å². The summed E-state index contributed by atoms with van der Waals surface area (Å²) in [6.07, 6.45) is 0.105. The number of carbonyl (C=O) groups is 1. The molecule has 2 unspecified atom stereocenters. The Hall–Kier alpha value is -1.30. The number of carbonyl (C=O) groups excluding carboxylic acids is 1. The van der Waals surface area contributed by atoms with E-state index in [9.17, 15) is 9.90 Å². The van der Waals surface area contributed by atoms with Crippen molar-refractivity contribution in [2.45, 2.75) is 18.6 Å². The van der Waals surface area contributed by atoms with Crippen molar-refractivity contribution < 1.29 is 9.90 Å². The predicted molar refractivity (Wildman–Crippen MR) is 79.9 cm³/mol. The van der Waals surface area contributed by atoms with Crippen molar-refractivity contribution in [1.29, 1.82) is 0 Å². The van der Waals surface area contributed by atoms with Gasteiger partial charge < -0.3 is 20.6 Å². The van der Waals surface area contributed by atoms with Gasteiger partial charge >= 0.3 is 0 Å². The van der Waals surface area contributed by atoms with Gasteiger partial charge in [-0.25, -0.2) is 0 Å². The van der Waals surface area contributed by atoms with Crippen molar-refractivity contribution in [1.82, 2.24) is 9.80 Å². The van der Waals surface area contributed by atoms with E-state index in [0.29, 0.717) is 30.8 Å². The van der Waals surface area contributed by atoms with Gasteiger partial charge in [-0.3, -0.25) is 4.79 Å². The minimum Gasteiger partial charge on any atom is -0.398 e. The molecular weight excluding hydrogens is 278 g/mol. The standard InChI is InChI=1S/C14H20ClN3O2/c1-17(2)7-9-6-10(19)8-18(9)14(20)11-4-3-5-12(16)13(11)15/h3-5,9-10,19H,6-8,16H2,1-2H3. The van der Waals surface area contributed by atoms with Crippen LogP contribution >= 0.6 is 11.6 Å². The summed E-state index contributed by atoms with van der Waals surface area (Å²) in [6, 6.07) is 5.03. The molecule has 5 nitrogen and oxygen atoms in total. The molecular formula is C14H20ClN3O2. The van der Waals surface area contributed by atoms with Gasteiger partial charge in [0.25, 0.3) is 5.91 Å². The average molecular weight is 298 g/mol. The largest absolute Gasteiger partial charge is 0.398 e. The highest BCUT2D eigenvalue weighted by Gasteiger charge is 2.35. The maximum atomic E-state index is 12.6. The summed E-state index contributed by atoms with van der Waals surface area (Å²) in [4.78, 5) is 16.3. The zero-order chi connectivity index (χ0) is 14.9. The van der Waals surface area contributed by atoms with E-state index in [1.54, 1.807) is 23.1 Å². The highest BCUT2D eigenvalue weighted by Crippen LogP contribution is 2.27. The monoisotopic (exact) mass is 297 g/mol. The van der Waals surface area contributed by atoms with Crippen molar-refractivity contribution in [2.24, 2.45) is 0 Å². The first kappa shape index (κ1) is 15.1. The third kappa shape index (κ3) is 3.06. The van der Waals surface area contributed by atoms with Crippen LogP contribution < -0.4 is 5.73 Å². The maximum absolute atomic E-state index is 12.6. The van der Waals surface area contributed by atoms with Gasteiger partial charge in [-0.1, -0.05) is 17.7 Å². The van der Waals surface area contributed by atoms with E-state index in [-0.39, 0.29) is 17.0 Å². The van der Waals surface area contributed by atoms with Gasteiger partial charge in [0.15, 0.2) is 0 Å². The Morgan fingerprint density at radius 1 is 1.55 bits per heavy atom. The van der Waals surface area contributed by atoms with E-state index in [2.05, 4.69) is 0 Å². The van der Waals surface area contributed by atoms with Crippen molar-refractivity contribution >= 4 is 23.2 Å². The minimum absolute atomic E-state index is 0.00926. The van der Waals surface area contributed by atoms with Crippen LogP contribution in [0, 0.1) is 0 Å². The van der Waals surface area contributed by atoms with Crippen molar-refractivity contribution in [3.8, 4) is 0 Å². The molecule has 20 heavy (non-hydrogen) atoms. The first-order valence-corrected chi connectivity index (χ1v) is 6.95. The lowest BCUT2D eigenvalue weighted by molar-refractivity contribution is 0.0699. The predicted octanol–water partition coefficient (Wildman–Crippen LogP) is 1.06. The van der Waals surface area contributed by atoms with Gasteiger partial charge in [-0.2, -0.15) is 0 Å². The summed E-state index contributed by atoms with van der Waals surface area (Å²) < 4.78 is 0. The van der Waals surface area contributed by atoms with E-state index >= 15 is 0 Å². The zero-order valence-electron chi connectivity index (χ0n) is 11.7. The maximum Gasteiger partial charge on any atom is 0.255 e. The first-order chi connectivity index (χ1) is 9.40. The van der Waals surface area contributed by atoms with E-state index in [1.165, 1.54) is 0 Å². The lowest BCUT2D eigenvalue weighted by atomic mass is 10.1. The molecule has 1 aromatic carbocycles. The van der Waals surface area contributed by atoms with Crippen LogP contribution in [-0.2, 0) is 0 Å². The number of aliphatic hydroxyl groups is 1. The second-order valence-corrected chi connectivity index (χ2v) is 5.85. The fourth-order valence-electron chi connectivity index (χ4n) is 2.61. The molecule has 1 fully saturated rings. The number of halogens is 1. The Kier molecular flexibility index (Phi) is 4.52. The molecule has 1 amide bonds. The van der Waals surface area contributed by atoms with Gasteiger partial charge in [0.1, 0.15) is 0 Å². The number of β-amino-alcohol motifs (C(OH)–C–C–N with tert-alkyl or cyclic N) is 1. The molecule has 0 spiro atoms. The number of nitrogens with two attached hydrogens (primary N) is 1. The Labute approximate surface area is 123 Å². The molecule has 1 saturated heterocycles. The highest BCUT2D eigenvalue weighted by atomic mass is 35.5. The molecule has 0 bridgehead atoms. The van der Waals surface area contributed by atoms with Gasteiger partial charge in [-0.15, -0.1) is 0 Å². The molecule has 2 rings (SSSR count). The molecule has 0 saturated carbocycles.